The van der Waals surface area contributed by atoms with Crippen LogP contribution in [-0.2, 0) is 0 Å². The van der Waals surface area contributed by atoms with Crippen molar-refractivity contribution in [3.05, 3.63) is 54.6 Å². The summed E-state index contributed by atoms with van der Waals surface area (Å²) in [6.45, 7) is 1.98. The topological polar surface area (TPSA) is 58.9 Å². The van der Waals surface area contributed by atoms with E-state index in [1.807, 2.05) is 78.1 Å². The van der Waals surface area contributed by atoms with Gasteiger partial charge in [0.2, 0.25) is 0 Å². The largest absolute Gasteiger partial charge is 0.491 e. The van der Waals surface area contributed by atoms with E-state index < -0.39 is 12.2 Å². The minimum atomic E-state index is -0.576. The highest BCUT2D eigenvalue weighted by Gasteiger charge is 2.22. The van der Waals surface area contributed by atoms with Crippen LogP contribution in [0.25, 0.3) is 0 Å². The lowest BCUT2D eigenvalue weighted by atomic mass is 10.3. The number of aliphatic hydroxyl groups is 2. The number of ether oxygens (including phenoxy) is 2. The molecule has 1 aliphatic heterocycles. The zero-order chi connectivity index (χ0) is 21.9. The average molecular weight is 499 g/mol. The third-order valence-electron chi connectivity index (χ3n) is 4.41. The first-order valence-electron chi connectivity index (χ1n) is 10.3. The van der Waals surface area contributed by atoms with E-state index in [0.717, 1.165) is 10.6 Å². The number of rotatable bonds is 12. The lowest BCUT2D eigenvalue weighted by molar-refractivity contribution is 0.101. The quantitative estimate of drug-likeness (QED) is 0.317. The lowest BCUT2D eigenvalue weighted by Crippen LogP contribution is -2.28. The normalized spacial score (nSPS) is 19.4. The molecule has 0 aromatic heterocycles. The van der Waals surface area contributed by atoms with E-state index in [-0.39, 0.29) is 12.0 Å². The number of thioether (sulfide) groups is 4. The van der Waals surface area contributed by atoms with E-state index >= 15 is 0 Å². The number of benzene rings is 2. The number of aliphatic hydroxyl groups excluding tert-OH is 2. The van der Waals surface area contributed by atoms with Crippen LogP contribution in [0.1, 0.15) is 6.92 Å². The Kier molecular flexibility index (Phi) is 11.1. The molecular weight excluding hydrogens is 469 g/mol. The Bertz CT molecular complexity index is 756. The van der Waals surface area contributed by atoms with Crippen molar-refractivity contribution in [2.75, 3.05) is 35.4 Å². The first-order chi connectivity index (χ1) is 15.1. The molecule has 1 heterocycles. The lowest BCUT2D eigenvalue weighted by Gasteiger charge is -2.25. The molecule has 4 atom stereocenters. The Morgan fingerprint density at radius 2 is 1.87 bits per heavy atom. The highest BCUT2D eigenvalue weighted by molar-refractivity contribution is 8.08. The fourth-order valence-corrected chi connectivity index (χ4v) is 7.82. The summed E-state index contributed by atoms with van der Waals surface area (Å²) in [6, 6.07) is 17.4. The van der Waals surface area contributed by atoms with Gasteiger partial charge in [0.15, 0.2) is 5.44 Å². The molecule has 0 spiro atoms. The number of hydrogen-bond acceptors (Lipinski definition) is 8. The standard InChI is InChI=1S/C23H30O4S4/c1-17(24)23(31-16-22-15-28-10-11-29-22)27-20-7-5-6-19(12-20)26-13-18(25)14-30-21-8-3-2-4-9-21/h2-9,12,17-18,22-25H,10-11,13-16H2,1H3. The molecule has 0 radical (unpaired) electrons. The molecule has 2 N–H and O–H groups in total. The van der Waals surface area contributed by atoms with Gasteiger partial charge < -0.3 is 19.7 Å². The smallest absolute Gasteiger partial charge is 0.170 e. The van der Waals surface area contributed by atoms with Crippen LogP contribution in [0.4, 0.5) is 0 Å². The zero-order valence-electron chi connectivity index (χ0n) is 17.6. The first kappa shape index (κ1) is 25.0. The Hall–Kier alpha value is -0.640. The molecule has 8 heteroatoms. The third-order valence-corrected chi connectivity index (χ3v) is 10.0. The van der Waals surface area contributed by atoms with Crippen LogP contribution in [-0.4, -0.2) is 68.5 Å². The highest BCUT2D eigenvalue weighted by Crippen LogP contribution is 2.30. The van der Waals surface area contributed by atoms with E-state index in [4.69, 9.17) is 9.47 Å². The van der Waals surface area contributed by atoms with Crippen LogP contribution < -0.4 is 9.47 Å². The minimum absolute atomic E-state index is 0.217. The molecule has 1 aliphatic rings. The second-order valence-corrected chi connectivity index (χ2v) is 12.0. The van der Waals surface area contributed by atoms with Gasteiger partial charge in [-0.3, -0.25) is 0 Å². The zero-order valence-corrected chi connectivity index (χ0v) is 20.9. The monoisotopic (exact) mass is 498 g/mol. The van der Waals surface area contributed by atoms with Gasteiger partial charge in [-0.2, -0.15) is 23.5 Å². The van der Waals surface area contributed by atoms with Gasteiger partial charge in [-0.1, -0.05) is 24.3 Å². The second kappa shape index (κ2) is 13.8. The first-order valence-corrected chi connectivity index (χ1v) is 14.6. The Morgan fingerprint density at radius 1 is 1.06 bits per heavy atom. The molecule has 2 aromatic rings. The molecule has 0 bridgehead atoms. The molecular formula is C23H30O4S4. The number of hydrogen-bond donors (Lipinski definition) is 2. The molecule has 4 unspecified atom stereocenters. The predicted octanol–water partition coefficient (Wildman–Crippen LogP) is 4.89. The second-order valence-electron chi connectivity index (χ2n) is 7.19. The Labute approximate surface area is 202 Å². The summed E-state index contributed by atoms with van der Waals surface area (Å²) in [5, 5.41) is 21.0. The fraction of sp³-hybridized carbons (Fsp3) is 0.478. The summed E-state index contributed by atoms with van der Waals surface area (Å²) in [4.78, 5) is 1.13. The molecule has 4 nitrogen and oxygen atoms in total. The molecule has 1 fully saturated rings. The minimum Gasteiger partial charge on any atom is -0.491 e. The van der Waals surface area contributed by atoms with E-state index in [9.17, 15) is 10.2 Å². The van der Waals surface area contributed by atoms with E-state index in [0.29, 0.717) is 22.5 Å². The maximum Gasteiger partial charge on any atom is 0.170 e. The maximum atomic E-state index is 10.2. The van der Waals surface area contributed by atoms with Gasteiger partial charge in [0.1, 0.15) is 18.1 Å². The molecule has 1 saturated heterocycles. The molecule has 3 rings (SSSR count). The van der Waals surface area contributed by atoms with Crippen molar-refractivity contribution in [3.8, 4) is 11.5 Å². The predicted molar refractivity (Wildman–Crippen MR) is 137 cm³/mol. The summed E-state index contributed by atoms with van der Waals surface area (Å²) >= 11 is 7.29. The average Bonchev–Trinajstić information content (AvgIpc) is 2.80. The van der Waals surface area contributed by atoms with Crippen LogP contribution >= 0.6 is 47.0 Å². The van der Waals surface area contributed by atoms with Gasteiger partial charge in [-0.15, -0.1) is 23.5 Å². The van der Waals surface area contributed by atoms with E-state index in [2.05, 4.69) is 0 Å². The highest BCUT2D eigenvalue weighted by atomic mass is 32.2. The summed E-state index contributed by atoms with van der Waals surface area (Å²) in [5.41, 5.74) is -0.323. The van der Waals surface area contributed by atoms with Crippen molar-refractivity contribution in [2.45, 2.75) is 34.7 Å². The van der Waals surface area contributed by atoms with Crippen molar-refractivity contribution in [1.29, 1.82) is 0 Å². The SMILES string of the molecule is CC(O)C(Oc1cccc(OCC(O)CSc2ccccc2)c1)SCC1CSCCS1. The fourth-order valence-electron chi connectivity index (χ4n) is 2.83. The summed E-state index contributed by atoms with van der Waals surface area (Å²) < 4.78 is 11.8. The van der Waals surface area contributed by atoms with Crippen LogP contribution in [0.3, 0.4) is 0 Å². The summed E-state index contributed by atoms with van der Waals surface area (Å²) in [7, 11) is 0. The van der Waals surface area contributed by atoms with Gasteiger partial charge in [0.05, 0.1) is 12.2 Å². The van der Waals surface area contributed by atoms with Crippen molar-refractivity contribution >= 4 is 47.0 Å². The Balaban J connectivity index is 1.45. The van der Waals surface area contributed by atoms with Gasteiger partial charge in [0.25, 0.3) is 0 Å². The van der Waals surface area contributed by atoms with Gasteiger partial charge in [-0.25, -0.2) is 0 Å². The van der Waals surface area contributed by atoms with Gasteiger partial charge >= 0.3 is 0 Å². The van der Waals surface area contributed by atoms with Crippen LogP contribution in [0.2, 0.25) is 0 Å². The Morgan fingerprint density at radius 3 is 2.61 bits per heavy atom. The summed E-state index contributed by atoms with van der Waals surface area (Å²) in [5.74, 6) is 6.44. The van der Waals surface area contributed by atoms with Crippen LogP contribution in [0.15, 0.2) is 59.5 Å². The van der Waals surface area contributed by atoms with Crippen molar-refractivity contribution in [1.82, 2.24) is 0 Å². The van der Waals surface area contributed by atoms with Crippen molar-refractivity contribution in [3.63, 3.8) is 0 Å². The van der Waals surface area contributed by atoms with Gasteiger partial charge in [0, 0.05) is 45.0 Å². The molecule has 0 amide bonds. The van der Waals surface area contributed by atoms with E-state index in [1.54, 1.807) is 30.4 Å². The van der Waals surface area contributed by atoms with Gasteiger partial charge in [-0.05, 0) is 31.2 Å². The maximum absolute atomic E-state index is 10.2. The van der Waals surface area contributed by atoms with Crippen molar-refractivity contribution in [2.24, 2.45) is 0 Å². The third kappa shape index (κ3) is 9.40. The van der Waals surface area contributed by atoms with Crippen LogP contribution in [0.5, 0.6) is 11.5 Å². The molecule has 0 saturated carbocycles. The summed E-state index contributed by atoms with van der Waals surface area (Å²) in [6.07, 6.45) is -1.14. The molecule has 31 heavy (non-hydrogen) atoms. The molecule has 170 valence electrons. The van der Waals surface area contributed by atoms with Crippen molar-refractivity contribution < 1.29 is 19.7 Å². The van der Waals surface area contributed by atoms with E-state index in [1.165, 1.54) is 17.3 Å². The van der Waals surface area contributed by atoms with Crippen LogP contribution in [0, 0.1) is 0 Å². The molecule has 2 aromatic carbocycles. The molecule has 0 aliphatic carbocycles.